The molecule has 0 saturated carbocycles. The number of thioether (sulfide) groups is 1. The van der Waals surface area contributed by atoms with Crippen molar-refractivity contribution < 1.29 is 34.5 Å². The highest BCUT2D eigenvalue weighted by molar-refractivity contribution is 7.98. The van der Waals surface area contributed by atoms with E-state index in [2.05, 4.69) is 20.9 Å². The Balaban J connectivity index is 1.80. The molecular weight excluding hydrogens is 550 g/mol. The number of aromatic nitrogens is 1. The summed E-state index contributed by atoms with van der Waals surface area (Å²) in [5.41, 5.74) is 7.94. The molecule has 220 valence electrons. The molecule has 12 nitrogen and oxygen atoms in total. The highest BCUT2D eigenvalue weighted by Gasteiger charge is 2.31. The Labute approximate surface area is 241 Å². The first-order valence-corrected chi connectivity index (χ1v) is 14.3. The number of rotatable bonds is 15. The van der Waals surface area contributed by atoms with Crippen LogP contribution < -0.4 is 21.7 Å². The molecule has 9 N–H and O–H groups in total. The van der Waals surface area contributed by atoms with Crippen LogP contribution in [0.4, 0.5) is 0 Å². The average Bonchev–Trinajstić information content (AvgIpc) is 3.37. The van der Waals surface area contributed by atoms with Crippen molar-refractivity contribution in [2.45, 2.75) is 43.4 Å². The highest BCUT2D eigenvalue weighted by atomic mass is 32.2. The molecule has 3 amide bonds. The summed E-state index contributed by atoms with van der Waals surface area (Å²) in [4.78, 5) is 54.2. The lowest BCUT2D eigenvalue weighted by molar-refractivity contribution is -0.142. The van der Waals surface area contributed by atoms with Crippen LogP contribution in [0, 0.1) is 0 Å². The maximum Gasteiger partial charge on any atom is 0.326 e. The van der Waals surface area contributed by atoms with Crippen LogP contribution in [-0.2, 0) is 32.0 Å². The average molecular weight is 586 g/mol. The molecule has 0 fully saturated rings. The third-order valence-electron chi connectivity index (χ3n) is 6.51. The smallest absolute Gasteiger partial charge is 0.326 e. The molecule has 0 spiro atoms. The van der Waals surface area contributed by atoms with Crippen LogP contribution in [0.2, 0.25) is 0 Å². The fourth-order valence-corrected chi connectivity index (χ4v) is 4.68. The maximum atomic E-state index is 13.4. The van der Waals surface area contributed by atoms with Gasteiger partial charge in [-0.3, -0.25) is 14.4 Å². The molecule has 1 aromatic heterocycles. The van der Waals surface area contributed by atoms with Gasteiger partial charge in [0.05, 0.1) is 12.6 Å². The molecule has 3 aromatic rings. The van der Waals surface area contributed by atoms with Crippen molar-refractivity contribution in [1.29, 1.82) is 0 Å². The number of phenols is 1. The number of aliphatic hydroxyl groups is 1. The monoisotopic (exact) mass is 585 g/mol. The molecule has 4 atom stereocenters. The van der Waals surface area contributed by atoms with E-state index < -0.39 is 54.5 Å². The molecule has 4 unspecified atom stereocenters. The second kappa shape index (κ2) is 15.1. The van der Waals surface area contributed by atoms with Crippen LogP contribution in [0.3, 0.4) is 0 Å². The first-order valence-electron chi connectivity index (χ1n) is 12.9. The number of aromatic hydroxyl groups is 1. The Kier molecular flexibility index (Phi) is 11.6. The van der Waals surface area contributed by atoms with Crippen molar-refractivity contribution in [3.8, 4) is 5.75 Å². The first-order chi connectivity index (χ1) is 19.6. The molecule has 41 heavy (non-hydrogen) atoms. The first kappa shape index (κ1) is 31.5. The number of aliphatic carboxylic acids is 1. The summed E-state index contributed by atoms with van der Waals surface area (Å²) in [7, 11) is 0. The minimum Gasteiger partial charge on any atom is -0.508 e. The van der Waals surface area contributed by atoms with E-state index in [4.69, 9.17) is 5.73 Å². The quantitative estimate of drug-likeness (QED) is 0.123. The van der Waals surface area contributed by atoms with Gasteiger partial charge in [0.1, 0.15) is 23.9 Å². The topological polar surface area (TPSA) is 207 Å². The van der Waals surface area contributed by atoms with Gasteiger partial charge in [0.15, 0.2) is 0 Å². The number of nitrogens with two attached hydrogens (primary N) is 1. The number of carboxylic acid groups (broad SMARTS) is 1. The molecule has 0 saturated heterocycles. The zero-order chi connectivity index (χ0) is 29.9. The van der Waals surface area contributed by atoms with Gasteiger partial charge in [-0.15, -0.1) is 0 Å². The van der Waals surface area contributed by atoms with Gasteiger partial charge in [-0.05, 0) is 47.8 Å². The fraction of sp³-hybridized carbons (Fsp3) is 0.357. The lowest BCUT2D eigenvalue weighted by Crippen LogP contribution is -2.58. The van der Waals surface area contributed by atoms with Gasteiger partial charge in [0, 0.05) is 29.9 Å². The van der Waals surface area contributed by atoms with E-state index in [0.29, 0.717) is 23.3 Å². The van der Waals surface area contributed by atoms with Gasteiger partial charge >= 0.3 is 5.97 Å². The van der Waals surface area contributed by atoms with Crippen LogP contribution in [-0.4, -0.2) is 86.8 Å². The number of aromatic amines is 1. The van der Waals surface area contributed by atoms with Crippen LogP contribution in [0.5, 0.6) is 5.75 Å². The lowest BCUT2D eigenvalue weighted by atomic mass is 10.0. The molecule has 0 aliphatic carbocycles. The summed E-state index contributed by atoms with van der Waals surface area (Å²) in [5.74, 6) is -2.86. The van der Waals surface area contributed by atoms with Gasteiger partial charge in [-0.25, -0.2) is 4.79 Å². The van der Waals surface area contributed by atoms with Crippen molar-refractivity contribution in [3.05, 3.63) is 65.9 Å². The number of para-hydroxylation sites is 1. The molecule has 13 heteroatoms. The number of carboxylic acids is 1. The number of hydrogen-bond acceptors (Lipinski definition) is 8. The number of hydrogen-bond donors (Lipinski definition) is 8. The van der Waals surface area contributed by atoms with Gasteiger partial charge < -0.3 is 42.0 Å². The van der Waals surface area contributed by atoms with Crippen molar-refractivity contribution in [1.82, 2.24) is 20.9 Å². The summed E-state index contributed by atoms with van der Waals surface area (Å²) in [6, 6.07) is 8.41. The van der Waals surface area contributed by atoms with E-state index >= 15 is 0 Å². The number of carbonyl (C=O) groups is 4. The fourth-order valence-electron chi connectivity index (χ4n) is 4.19. The van der Waals surface area contributed by atoms with Gasteiger partial charge in [-0.2, -0.15) is 11.8 Å². The number of carbonyl (C=O) groups excluding carboxylic acids is 3. The molecular formula is C28H35N5O7S. The maximum absolute atomic E-state index is 13.4. The van der Waals surface area contributed by atoms with Gasteiger partial charge in [0.25, 0.3) is 0 Å². The molecule has 2 aromatic carbocycles. The summed E-state index contributed by atoms with van der Waals surface area (Å²) in [6.45, 7) is -0.743. The number of phenolic OH excluding ortho intramolecular Hbond substituents is 1. The van der Waals surface area contributed by atoms with Crippen LogP contribution in [0.25, 0.3) is 10.9 Å². The zero-order valence-electron chi connectivity index (χ0n) is 22.5. The zero-order valence-corrected chi connectivity index (χ0v) is 23.3. The minimum atomic E-state index is -1.38. The number of aliphatic hydroxyl groups excluding tert-OH is 1. The largest absolute Gasteiger partial charge is 0.508 e. The van der Waals surface area contributed by atoms with E-state index in [0.717, 1.165) is 10.9 Å². The Bertz CT molecular complexity index is 1350. The number of H-pyrrole nitrogens is 1. The number of fused-ring (bicyclic) bond motifs is 1. The molecule has 0 aliphatic rings. The third kappa shape index (κ3) is 8.96. The second-order valence-electron chi connectivity index (χ2n) is 9.53. The Morgan fingerprint density at radius 3 is 2.20 bits per heavy atom. The predicted octanol–water partition coefficient (Wildman–Crippen LogP) is 0.270. The number of benzene rings is 2. The van der Waals surface area contributed by atoms with E-state index in [1.165, 1.54) is 23.9 Å². The number of nitrogens with one attached hydrogen (secondary N) is 4. The second-order valence-corrected chi connectivity index (χ2v) is 10.5. The minimum absolute atomic E-state index is 0.00747. The highest BCUT2D eigenvalue weighted by Crippen LogP contribution is 2.19. The van der Waals surface area contributed by atoms with Gasteiger partial charge in [0.2, 0.25) is 17.7 Å². The summed E-state index contributed by atoms with van der Waals surface area (Å²) in [6.07, 6.45) is 3.85. The SMILES string of the molecule is CSCCC(N)C(=O)NC(CO)C(=O)NC(Cc1c[nH]c2ccccc12)C(=O)NC(Cc1ccc(O)cc1)C(=O)O. The standard InChI is InChI=1S/C28H35N5O7S/c1-41-11-10-20(29)25(36)33-24(15-34)27(38)31-22(13-17-14-30-21-5-3-2-4-19(17)21)26(37)32-23(28(39)40)12-16-6-8-18(35)9-7-16/h2-9,14,20,22-24,30,34-35H,10-13,15,29H2,1H3,(H,31,38)(H,32,37)(H,33,36)(H,39,40). The Morgan fingerprint density at radius 2 is 1.54 bits per heavy atom. The molecule has 0 aliphatic heterocycles. The van der Waals surface area contributed by atoms with E-state index in [1.807, 2.05) is 30.5 Å². The molecule has 1 heterocycles. The van der Waals surface area contributed by atoms with Crippen molar-refractivity contribution in [2.75, 3.05) is 18.6 Å². The van der Waals surface area contributed by atoms with Crippen LogP contribution in [0.1, 0.15) is 17.5 Å². The Hall–Kier alpha value is -4.07. The van der Waals surface area contributed by atoms with E-state index in [-0.39, 0.29) is 18.6 Å². The molecule has 0 bridgehead atoms. The number of amides is 3. The predicted molar refractivity (Wildman–Crippen MR) is 155 cm³/mol. The van der Waals surface area contributed by atoms with Gasteiger partial charge in [-0.1, -0.05) is 30.3 Å². The summed E-state index contributed by atoms with van der Waals surface area (Å²) >= 11 is 1.51. The lowest BCUT2D eigenvalue weighted by Gasteiger charge is -2.24. The van der Waals surface area contributed by atoms with E-state index in [1.54, 1.807) is 18.3 Å². The van der Waals surface area contributed by atoms with Crippen LogP contribution >= 0.6 is 11.8 Å². The third-order valence-corrected chi connectivity index (χ3v) is 7.15. The van der Waals surface area contributed by atoms with E-state index in [9.17, 15) is 34.5 Å². The normalized spacial score (nSPS) is 14.0. The summed E-state index contributed by atoms with van der Waals surface area (Å²) in [5, 5.41) is 37.4. The molecule has 3 rings (SSSR count). The van der Waals surface area contributed by atoms with Crippen molar-refractivity contribution in [2.24, 2.45) is 5.73 Å². The Morgan fingerprint density at radius 1 is 0.902 bits per heavy atom. The van der Waals surface area contributed by atoms with Crippen LogP contribution in [0.15, 0.2) is 54.7 Å². The van der Waals surface area contributed by atoms with Crippen molar-refractivity contribution in [3.63, 3.8) is 0 Å². The molecule has 0 radical (unpaired) electrons. The van der Waals surface area contributed by atoms with Crippen molar-refractivity contribution >= 4 is 46.4 Å². The summed E-state index contributed by atoms with van der Waals surface area (Å²) < 4.78 is 0.